The van der Waals surface area contributed by atoms with Gasteiger partial charge in [0.05, 0.1) is 5.56 Å². The molecular weight excluding hydrogens is 304 g/mol. The summed E-state index contributed by atoms with van der Waals surface area (Å²) in [6, 6.07) is 12.2. The molecule has 2 aromatic carbocycles. The molecule has 122 valence electrons. The van der Waals surface area contributed by atoms with Crippen molar-refractivity contribution in [3.05, 3.63) is 59.3 Å². The van der Waals surface area contributed by atoms with Crippen LogP contribution in [-0.2, 0) is 4.79 Å². The lowest BCUT2D eigenvalue weighted by Gasteiger charge is -2.07. The van der Waals surface area contributed by atoms with Crippen LogP contribution >= 0.6 is 0 Å². The Morgan fingerprint density at radius 3 is 2.62 bits per heavy atom. The van der Waals surface area contributed by atoms with Crippen molar-refractivity contribution >= 4 is 28.5 Å². The molecule has 0 fully saturated rings. The van der Waals surface area contributed by atoms with Crippen molar-refractivity contribution in [3.8, 4) is 5.75 Å². The van der Waals surface area contributed by atoms with Crippen molar-refractivity contribution in [2.75, 3.05) is 5.32 Å². The molecule has 1 heterocycles. The third-order valence-corrected chi connectivity index (χ3v) is 3.91. The smallest absolute Gasteiger partial charge is 0.343 e. The molecule has 0 aliphatic heterocycles. The van der Waals surface area contributed by atoms with Crippen molar-refractivity contribution in [2.24, 2.45) is 0 Å². The molecule has 1 aromatic heterocycles. The van der Waals surface area contributed by atoms with Crippen molar-refractivity contribution in [1.82, 2.24) is 4.98 Å². The maximum absolute atomic E-state index is 12.4. The van der Waals surface area contributed by atoms with E-state index in [9.17, 15) is 9.59 Å². The maximum atomic E-state index is 12.4. The van der Waals surface area contributed by atoms with Gasteiger partial charge in [0.15, 0.2) is 0 Å². The summed E-state index contributed by atoms with van der Waals surface area (Å²) >= 11 is 0. The number of esters is 1. The van der Waals surface area contributed by atoms with Crippen LogP contribution in [0.3, 0.4) is 0 Å². The molecule has 0 atom stereocenters. The lowest BCUT2D eigenvalue weighted by molar-refractivity contribution is -0.114. The third-order valence-electron chi connectivity index (χ3n) is 3.91. The molecule has 5 nitrogen and oxygen atoms in total. The van der Waals surface area contributed by atoms with E-state index in [4.69, 9.17) is 4.74 Å². The third kappa shape index (κ3) is 3.15. The first-order valence-electron chi connectivity index (χ1n) is 7.63. The topological polar surface area (TPSA) is 71.2 Å². The van der Waals surface area contributed by atoms with Gasteiger partial charge in [-0.2, -0.15) is 0 Å². The number of fused-ring (bicyclic) bond motifs is 1. The second-order valence-electron chi connectivity index (χ2n) is 5.73. The van der Waals surface area contributed by atoms with Gasteiger partial charge in [0.25, 0.3) is 0 Å². The van der Waals surface area contributed by atoms with Crippen LogP contribution < -0.4 is 10.1 Å². The van der Waals surface area contributed by atoms with Crippen LogP contribution in [0, 0.1) is 13.8 Å². The molecule has 0 aliphatic rings. The average Bonchev–Trinajstić information content (AvgIpc) is 2.81. The Hall–Kier alpha value is -3.08. The summed E-state index contributed by atoms with van der Waals surface area (Å²) < 4.78 is 5.42. The molecule has 1 amide bonds. The number of rotatable bonds is 3. The Morgan fingerprint density at radius 2 is 1.88 bits per heavy atom. The van der Waals surface area contributed by atoms with Crippen LogP contribution in [0.1, 0.15) is 28.5 Å². The van der Waals surface area contributed by atoms with Gasteiger partial charge in [0, 0.05) is 35.3 Å². The van der Waals surface area contributed by atoms with Gasteiger partial charge in [0.1, 0.15) is 5.75 Å². The highest BCUT2D eigenvalue weighted by Gasteiger charge is 2.12. The van der Waals surface area contributed by atoms with Gasteiger partial charge in [0.2, 0.25) is 5.91 Å². The Kier molecular flexibility index (Phi) is 4.08. The monoisotopic (exact) mass is 322 g/mol. The van der Waals surface area contributed by atoms with Crippen molar-refractivity contribution < 1.29 is 14.3 Å². The standard InChI is InChI=1S/C19H18N2O3/c1-11-12(2)20-18-8-7-14(9-17(11)18)19(23)24-16-6-4-5-15(10-16)21-13(3)22/h4-10,20H,1-3H3,(H,21,22). The number of H-pyrrole nitrogens is 1. The lowest BCUT2D eigenvalue weighted by atomic mass is 10.1. The van der Waals surface area contributed by atoms with E-state index in [-0.39, 0.29) is 5.91 Å². The van der Waals surface area contributed by atoms with E-state index < -0.39 is 5.97 Å². The Bertz CT molecular complexity index is 941. The number of amides is 1. The average molecular weight is 322 g/mol. The lowest BCUT2D eigenvalue weighted by Crippen LogP contribution is -2.09. The number of hydrogen-bond donors (Lipinski definition) is 2. The van der Waals surface area contributed by atoms with Gasteiger partial charge in [-0.05, 0) is 49.7 Å². The van der Waals surface area contributed by atoms with Gasteiger partial charge in [-0.15, -0.1) is 0 Å². The molecule has 0 saturated carbocycles. The molecule has 24 heavy (non-hydrogen) atoms. The van der Waals surface area contributed by atoms with Gasteiger partial charge in [-0.25, -0.2) is 4.79 Å². The van der Waals surface area contributed by atoms with E-state index in [2.05, 4.69) is 10.3 Å². The van der Waals surface area contributed by atoms with Crippen LogP contribution in [0.15, 0.2) is 42.5 Å². The van der Waals surface area contributed by atoms with Gasteiger partial charge in [-0.3, -0.25) is 4.79 Å². The zero-order valence-corrected chi connectivity index (χ0v) is 13.8. The zero-order valence-electron chi connectivity index (χ0n) is 13.8. The number of aryl methyl sites for hydroxylation is 2. The van der Waals surface area contributed by atoms with E-state index in [1.165, 1.54) is 6.92 Å². The number of nitrogens with one attached hydrogen (secondary N) is 2. The van der Waals surface area contributed by atoms with Crippen molar-refractivity contribution in [1.29, 1.82) is 0 Å². The SMILES string of the molecule is CC(=O)Nc1cccc(OC(=O)c2ccc3[nH]c(C)c(C)c3c2)c1. The van der Waals surface area contributed by atoms with Gasteiger partial charge < -0.3 is 15.0 Å². The van der Waals surface area contributed by atoms with Crippen molar-refractivity contribution in [3.63, 3.8) is 0 Å². The highest BCUT2D eigenvalue weighted by Crippen LogP contribution is 2.24. The predicted molar refractivity (Wildman–Crippen MR) is 93.5 cm³/mol. The fourth-order valence-corrected chi connectivity index (χ4v) is 2.59. The summed E-state index contributed by atoms with van der Waals surface area (Å²) in [5.41, 5.74) is 4.26. The van der Waals surface area contributed by atoms with Crippen molar-refractivity contribution in [2.45, 2.75) is 20.8 Å². The highest BCUT2D eigenvalue weighted by molar-refractivity contribution is 5.97. The molecule has 0 spiro atoms. The minimum atomic E-state index is -0.435. The maximum Gasteiger partial charge on any atom is 0.343 e. The number of anilines is 1. The van der Waals surface area contributed by atoms with E-state index >= 15 is 0 Å². The number of aromatic amines is 1. The van der Waals surface area contributed by atoms with E-state index in [0.29, 0.717) is 17.0 Å². The second-order valence-corrected chi connectivity index (χ2v) is 5.73. The first-order chi connectivity index (χ1) is 11.4. The summed E-state index contributed by atoms with van der Waals surface area (Å²) in [6.45, 7) is 5.44. The van der Waals surface area contributed by atoms with Crippen LogP contribution in [0.2, 0.25) is 0 Å². The molecule has 2 N–H and O–H groups in total. The molecule has 3 rings (SSSR count). The number of aromatic nitrogens is 1. The van der Waals surface area contributed by atoms with E-state index in [0.717, 1.165) is 22.2 Å². The first-order valence-corrected chi connectivity index (χ1v) is 7.63. The molecule has 5 heteroatoms. The predicted octanol–water partition coefficient (Wildman–Crippen LogP) is 3.96. The summed E-state index contributed by atoms with van der Waals surface area (Å²) in [5, 5.41) is 3.67. The van der Waals surface area contributed by atoms with E-state index in [1.54, 1.807) is 30.3 Å². The summed E-state index contributed by atoms with van der Waals surface area (Å²) in [5.74, 6) is -0.231. The fourth-order valence-electron chi connectivity index (χ4n) is 2.59. The first kappa shape index (κ1) is 15.8. The molecule has 0 radical (unpaired) electrons. The van der Waals surface area contributed by atoms with Crippen LogP contribution in [0.4, 0.5) is 5.69 Å². The zero-order chi connectivity index (χ0) is 17.3. The normalized spacial score (nSPS) is 10.6. The molecule has 0 aliphatic carbocycles. The number of carbonyl (C=O) groups excluding carboxylic acids is 2. The summed E-state index contributed by atoms with van der Waals surface area (Å²) in [4.78, 5) is 26.8. The van der Waals surface area contributed by atoms with Gasteiger partial charge >= 0.3 is 5.97 Å². The number of carbonyl (C=O) groups is 2. The Morgan fingerprint density at radius 1 is 1.08 bits per heavy atom. The number of hydrogen-bond acceptors (Lipinski definition) is 3. The number of ether oxygens (including phenoxy) is 1. The molecule has 3 aromatic rings. The summed E-state index contributed by atoms with van der Waals surface area (Å²) in [6.07, 6.45) is 0. The minimum Gasteiger partial charge on any atom is -0.423 e. The quantitative estimate of drug-likeness (QED) is 0.566. The molecule has 0 unspecified atom stereocenters. The molecule has 0 bridgehead atoms. The van der Waals surface area contributed by atoms with E-state index in [1.807, 2.05) is 26.0 Å². The second kappa shape index (κ2) is 6.20. The Balaban J connectivity index is 1.84. The Labute approximate surface area is 139 Å². The number of benzene rings is 2. The fraction of sp³-hybridized carbons (Fsp3) is 0.158. The highest BCUT2D eigenvalue weighted by atomic mass is 16.5. The van der Waals surface area contributed by atoms with Crippen LogP contribution in [-0.4, -0.2) is 16.9 Å². The van der Waals surface area contributed by atoms with Crippen LogP contribution in [0.5, 0.6) is 5.75 Å². The molecule has 0 saturated heterocycles. The largest absolute Gasteiger partial charge is 0.423 e. The minimum absolute atomic E-state index is 0.178. The van der Waals surface area contributed by atoms with Gasteiger partial charge in [-0.1, -0.05) is 6.07 Å². The molecular formula is C19H18N2O3. The summed E-state index contributed by atoms with van der Waals surface area (Å²) in [7, 11) is 0. The van der Waals surface area contributed by atoms with Crippen LogP contribution in [0.25, 0.3) is 10.9 Å².